The first kappa shape index (κ1) is 35.8. The van der Waals surface area contributed by atoms with Gasteiger partial charge in [0.1, 0.15) is 22.7 Å². The van der Waals surface area contributed by atoms with Crippen molar-refractivity contribution < 1.29 is 68.8 Å². The average Bonchev–Trinajstić information content (AvgIpc) is 3.35. The van der Waals surface area contributed by atoms with Crippen LogP contribution in [0.4, 0.5) is 35.1 Å². The van der Waals surface area contributed by atoms with E-state index in [-0.39, 0.29) is 40.1 Å². The Kier molecular flexibility index (Phi) is 9.16. The van der Waals surface area contributed by atoms with Crippen LogP contribution >= 0.6 is 0 Å². The van der Waals surface area contributed by atoms with Gasteiger partial charge in [0, 0.05) is 28.3 Å². The number of alkyl halides is 8. The third-order valence-corrected chi connectivity index (χ3v) is 7.33. The molecule has 50 heavy (non-hydrogen) atoms. The number of ether oxygens (including phenoxy) is 4. The van der Waals surface area contributed by atoms with Gasteiger partial charge in [0.2, 0.25) is 11.5 Å². The number of primary amides is 1. The lowest BCUT2D eigenvalue weighted by Crippen LogP contribution is -2.51. The summed E-state index contributed by atoms with van der Waals surface area (Å²) in [5, 5.41) is 12.9. The maximum atomic E-state index is 14.7. The van der Waals surface area contributed by atoms with Crippen LogP contribution in [0, 0.1) is 0 Å². The molecule has 2 aromatic heterocycles. The summed E-state index contributed by atoms with van der Waals surface area (Å²) < 4.78 is 131. The zero-order chi connectivity index (χ0) is 36.8. The van der Waals surface area contributed by atoms with Crippen molar-refractivity contribution in [3.63, 3.8) is 0 Å². The van der Waals surface area contributed by atoms with Crippen LogP contribution in [-0.4, -0.2) is 59.6 Å². The number of nitrogens with two attached hydrogens (primary N) is 1. The molecule has 2 aromatic carbocycles. The third-order valence-electron chi connectivity index (χ3n) is 7.33. The molecule has 266 valence electrons. The molecule has 0 fully saturated rings. The monoisotopic (exact) mass is 716 g/mol. The number of carbonyl (C=O) groups excluding carboxylic acids is 2. The Morgan fingerprint density at radius 1 is 1.02 bits per heavy atom. The van der Waals surface area contributed by atoms with Crippen LogP contribution in [0.3, 0.4) is 0 Å². The van der Waals surface area contributed by atoms with E-state index in [4.69, 9.17) is 15.2 Å². The minimum absolute atomic E-state index is 0.0795. The molecule has 2 amide bonds. The summed E-state index contributed by atoms with van der Waals surface area (Å²) in [6.45, 7) is -0.229. The Hall–Kier alpha value is -5.46. The highest BCUT2D eigenvalue weighted by Gasteiger charge is 2.57. The van der Waals surface area contributed by atoms with Crippen molar-refractivity contribution in [2.24, 2.45) is 5.73 Å². The van der Waals surface area contributed by atoms with Gasteiger partial charge < -0.3 is 35.1 Å². The predicted molar refractivity (Wildman–Crippen MR) is 156 cm³/mol. The number of aromatic nitrogens is 2. The molecule has 0 bridgehead atoms. The molecular weight excluding hydrogens is 692 g/mol. The number of amides is 2. The number of fused-ring (bicyclic) bond motifs is 2. The van der Waals surface area contributed by atoms with E-state index < -0.39 is 83.0 Å². The minimum Gasteiger partial charge on any atom is -0.494 e. The number of aliphatic hydroxyl groups is 1. The lowest BCUT2D eigenvalue weighted by molar-refractivity contribution is -0.286. The molecule has 0 aliphatic carbocycles. The molecule has 4 aromatic rings. The summed E-state index contributed by atoms with van der Waals surface area (Å²) in [6.07, 6.45) is -14.6. The van der Waals surface area contributed by atoms with E-state index in [9.17, 15) is 49.8 Å². The van der Waals surface area contributed by atoms with Crippen molar-refractivity contribution in [1.82, 2.24) is 15.3 Å². The Morgan fingerprint density at radius 3 is 2.34 bits per heavy atom. The summed E-state index contributed by atoms with van der Waals surface area (Å²) in [7, 11) is 1.13. The molecule has 1 aliphatic heterocycles. The lowest BCUT2D eigenvalue weighted by Gasteiger charge is -2.31. The quantitative estimate of drug-likeness (QED) is 0.187. The van der Waals surface area contributed by atoms with Crippen molar-refractivity contribution in [2.75, 3.05) is 20.3 Å². The summed E-state index contributed by atoms with van der Waals surface area (Å²) in [4.78, 5) is 32.8. The SMILES string of the molecule is CCOc1c(CC(N)=O)cc([C@@](O)(CNC(=O)c2cc(OC)c3ncc(C(F)(F)F)cc3c2)C(F)(F)F)nc1-c1ccc2c(c1)OC(F)(F)O2. The smallest absolute Gasteiger partial charge is 0.494 e. The van der Waals surface area contributed by atoms with Crippen LogP contribution in [-0.2, 0) is 23.0 Å². The van der Waals surface area contributed by atoms with E-state index in [1.54, 1.807) is 0 Å². The van der Waals surface area contributed by atoms with Crippen molar-refractivity contribution in [2.45, 2.75) is 37.6 Å². The molecule has 4 N–H and O–H groups in total. The van der Waals surface area contributed by atoms with Crippen LogP contribution in [0.5, 0.6) is 23.0 Å². The van der Waals surface area contributed by atoms with Crippen LogP contribution in [0.15, 0.2) is 48.7 Å². The van der Waals surface area contributed by atoms with E-state index in [0.29, 0.717) is 18.3 Å². The van der Waals surface area contributed by atoms with E-state index in [1.807, 2.05) is 5.32 Å². The number of carbonyl (C=O) groups is 2. The van der Waals surface area contributed by atoms with Gasteiger partial charge in [0.05, 0.1) is 37.9 Å². The van der Waals surface area contributed by atoms with E-state index >= 15 is 0 Å². The van der Waals surface area contributed by atoms with Gasteiger partial charge in [-0.3, -0.25) is 14.6 Å². The first-order valence-corrected chi connectivity index (χ1v) is 14.2. The summed E-state index contributed by atoms with van der Waals surface area (Å²) in [5.41, 5.74) is -2.44. The highest BCUT2D eigenvalue weighted by Crippen LogP contribution is 2.46. The maximum Gasteiger partial charge on any atom is 0.586 e. The summed E-state index contributed by atoms with van der Waals surface area (Å²) in [5.74, 6) is -3.68. The van der Waals surface area contributed by atoms with Gasteiger partial charge in [-0.05, 0) is 49.4 Å². The van der Waals surface area contributed by atoms with Gasteiger partial charge in [0.15, 0.2) is 11.5 Å². The van der Waals surface area contributed by atoms with Gasteiger partial charge in [-0.2, -0.15) is 26.3 Å². The summed E-state index contributed by atoms with van der Waals surface area (Å²) >= 11 is 0. The first-order valence-electron chi connectivity index (χ1n) is 14.2. The van der Waals surface area contributed by atoms with Gasteiger partial charge in [-0.25, -0.2) is 4.98 Å². The van der Waals surface area contributed by atoms with E-state index in [1.165, 1.54) is 6.92 Å². The highest BCUT2D eigenvalue weighted by molar-refractivity contribution is 6.00. The van der Waals surface area contributed by atoms with Gasteiger partial charge in [-0.1, -0.05) is 0 Å². The first-order chi connectivity index (χ1) is 23.3. The van der Waals surface area contributed by atoms with Crippen LogP contribution < -0.4 is 30.0 Å². The van der Waals surface area contributed by atoms with Crippen LogP contribution in [0.25, 0.3) is 22.2 Å². The molecule has 1 atom stereocenters. The highest BCUT2D eigenvalue weighted by atomic mass is 19.4. The topological polar surface area (TPSA) is 155 Å². The number of benzene rings is 2. The van der Waals surface area contributed by atoms with Crippen molar-refractivity contribution in [1.29, 1.82) is 0 Å². The average molecular weight is 717 g/mol. The van der Waals surface area contributed by atoms with Crippen LogP contribution in [0.1, 0.15) is 34.1 Å². The van der Waals surface area contributed by atoms with Gasteiger partial charge in [0.25, 0.3) is 5.91 Å². The molecule has 0 spiro atoms. The van der Waals surface area contributed by atoms with E-state index in [2.05, 4.69) is 19.4 Å². The number of hydrogen-bond acceptors (Lipinski definition) is 9. The second-order valence-electron chi connectivity index (χ2n) is 10.8. The number of rotatable bonds is 10. The molecule has 0 unspecified atom stereocenters. The molecular formula is C31H24F8N4O7. The van der Waals surface area contributed by atoms with E-state index in [0.717, 1.165) is 37.4 Å². The molecule has 5 rings (SSSR count). The van der Waals surface area contributed by atoms with Crippen LogP contribution in [0.2, 0.25) is 0 Å². The molecule has 0 radical (unpaired) electrons. The maximum absolute atomic E-state index is 14.7. The Labute approximate surface area is 275 Å². The standard InChI is InChI=1S/C31H24F8N4O7/c1-3-48-26-16(11-23(40)44)10-22(43-25(26)14-4-5-19-20(8-14)50-31(38,39)49-19)28(46,30(35,36)37)13-42-27(45)17-6-15-7-18(29(32,33)34)12-41-24(15)21(9-17)47-2/h4-10,12,46H,3,11,13H2,1-2H3,(H2,40,44)(H,42,45)/t28-/m0/s1. The van der Waals surface area contributed by atoms with Crippen molar-refractivity contribution >= 4 is 22.7 Å². The second kappa shape index (κ2) is 12.8. The number of nitrogens with zero attached hydrogens (tertiary/aromatic N) is 2. The largest absolute Gasteiger partial charge is 0.586 e. The molecule has 1 aliphatic rings. The summed E-state index contributed by atoms with van der Waals surface area (Å²) in [6, 6.07) is 6.41. The number of pyridine rings is 2. The number of halogens is 8. The van der Waals surface area contributed by atoms with Crippen molar-refractivity contribution in [3.05, 3.63) is 71.0 Å². The zero-order valence-corrected chi connectivity index (χ0v) is 25.6. The molecule has 19 heteroatoms. The molecule has 3 heterocycles. The van der Waals surface area contributed by atoms with Gasteiger partial charge >= 0.3 is 18.6 Å². The second-order valence-corrected chi connectivity index (χ2v) is 10.8. The number of nitrogens with one attached hydrogen (secondary N) is 1. The molecule has 0 saturated carbocycles. The lowest BCUT2D eigenvalue weighted by atomic mass is 9.93. The fourth-order valence-electron chi connectivity index (χ4n) is 5.02. The Morgan fingerprint density at radius 2 is 1.72 bits per heavy atom. The Balaban J connectivity index is 1.59. The fraction of sp³-hybridized carbons (Fsp3) is 0.290. The minimum atomic E-state index is -5.58. The van der Waals surface area contributed by atoms with Crippen molar-refractivity contribution in [3.8, 4) is 34.3 Å². The van der Waals surface area contributed by atoms with Gasteiger partial charge in [-0.15, -0.1) is 8.78 Å². The zero-order valence-electron chi connectivity index (χ0n) is 25.6. The molecule has 11 nitrogen and oxygen atoms in total. The third kappa shape index (κ3) is 6.98. The number of methoxy groups -OCH3 is 1. The molecule has 0 saturated heterocycles. The fourth-order valence-corrected chi connectivity index (χ4v) is 5.02. The predicted octanol–water partition coefficient (Wildman–Crippen LogP) is 5.25. The normalized spacial score (nSPS) is 15.0. The Bertz CT molecular complexity index is 1990. The number of hydrogen-bond donors (Lipinski definition) is 3.